The Morgan fingerprint density at radius 1 is 1.05 bits per heavy atom. The Balaban J connectivity index is 2.25. The minimum Gasteiger partial charge on any atom is -0.369 e. The van der Waals surface area contributed by atoms with Crippen molar-refractivity contribution in [1.82, 2.24) is 9.97 Å². The summed E-state index contributed by atoms with van der Waals surface area (Å²) in [6.45, 7) is 3.31. The Morgan fingerprint density at radius 3 is 2.26 bits per heavy atom. The zero-order valence-electron chi connectivity index (χ0n) is 10.9. The average molecular weight is 276 g/mol. The number of hydrogen-bond donors (Lipinski definition) is 2. The summed E-state index contributed by atoms with van der Waals surface area (Å²) in [6, 6.07) is 0. The summed E-state index contributed by atoms with van der Waals surface area (Å²) in [6.07, 6.45) is -0.0735. The maximum Gasteiger partial charge on any atom is 0.389 e. The molecule has 1 aromatic rings. The molecule has 0 saturated heterocycles. The van der Waals surface area contributed by atoms with Gasteiger partial charge >= 0.3 is 6.18 Å². The van der Waals surface area contributed by atoms with Crippen molar-refractivity contribution in [2.24, 2.45) is 0 Å². The summed E-state index contributed by atoms with van der Waals surface area (Å²) in [7, 11) is 0. The fourth-order valence-electron chi connectivity index (χ4n) is 1.46. The first-order valence-corrected chi connectivity index (χ1v) is 6.38. The van der Waals surface area contributed by atoms with Crippen molar-refractivity contribution in [3.63, 3.8) is 0 Å². The lowest BCUT2D eigenvalue weighted by atomic mass is 10.2. The number of aromatic nitrogens is 2. The molecule has 0 bridgehead atoms. The third-order valence-electron chi connectivity index (χ3n) is 2.38. The second-order valence-electron chi connectivity index (χ2n) is 4.22. The van der Waals surface area contributed by atoms with E-state index in [4.69, 9.17) is 0 Å². The molecular weight excluding hydrogens is 257 g/mol. The lowest BCUT2D eigenvalue weighted by Gasteiger charge is -2.08. The molecule has 1 heterocycles. The Hall–Kier alpha value is -1.53. The number of alkyl halides is 3. The third kappa shape index (κ3) is 7.48. The molecule has 0 radical (unpaired) electrons. The maximum atomic E-state index is 11.9. The lowest BCUT2D eigenvalue weighted by Crippen LogP contribution is -2.10. The molecule has 0 aliphatic heterocycles. The molecule has 0 unspecified atom stereocenters. The number of rotatable bonds is 8. The van der Waals surface area contributed by atoms with Crippen molar-refractivity contribution in [2.75, 3.05) is 23.7 Å². The molecule has 108 valence electrons. The summed E-state index contributed by atoms with van der Waals surface area (Å²) >= 11 is 0. The Bertz CT molecular complexity index is 368. The summed E-state index contributed by atoms with van der Waals surface area (Å²) in [5, 5.41) is 6.06. The van der Waals surface area contributed by atoms with E-state index in [1.54, 1.807) is 12.4 Å². The molecule has 7 heteroatoms. The van der Waals surface area contributed by atoms with Gasteiger partial charge in [-0.3, -0.25) is 4.98 Å². The van der Waals surface area contributed by atoms with E-state index in [2.05, 4.69) is 20.6 Å². The van der Waals surface area contributed by atoms with Crippen LogP contribution in [0.1, 0.15) is 32.6 Å². The van der Waals surface area contributed by atoms with Crippen molar-refractivity contribution in [1.29, 1.82) is 0 Å². The molecule has 4 nitrogen and oxygen atoms in total. The van der Waals surface area contributed by atoms with Crippen LogP contribution >= 0.6 is 0 Å². The highest BCUT2D eigenvalue weighted by Crippen LogP contribution is 2.22. The van der Waals surface area contributed by atoms with Crippen LogP contribution in [0.25, 0.3) is 0 Å². The quantitative estimate of drug-likeness (QED) is 0.714. The molecule has 2 N–H and O–H groups in total. The van der Waals surface area contributed by atoms with Crippen molar-refractivity contribution in [2.45, 2.75) is 38.8 Å². The Labute approximate surface area is 110 Å². The molecule has 0 aliphatic carbocycles. The van der Waals surface area contributed by atoms with E-state index < -0.39 is 12.6 Å². The second-order valence-corrected chi connectivity index (χ2v) is 4.22. The van der Waals surface area contributed by atoms with Gasteiger partial charge in [-0.15, -0.1) is 0 Å². The predicted molar refractivity (Wildman–Crippen MR) is 69.2 cm³/mol. The standard InChI is InChI=1S/C12H19F3N4/c1-2-6-17-10-8-16-9-11(19-10)18-7-4-3-5-12(13,14)15/h8-9H,2-7H2,1H3,(H2,17,18,19). The SMILES string of the molecule is CCCNc1cncc(NCCCCC(F)(F)F)n1. The molecule has 0 saturated carbocycles. The minimum atomic E-state index is -4.07. The van der Waals surface area contributed by atoms with Crippen LogP contribution in [-0.4, -0.2) is 29.2 Å². The Kier molecular flexibility index (Phi) is 6.38. The van der Waals surface area contributed by atoms with Gasteiger partial charge in [-0.2, -0.15) is 13.2 Å². The normalized spacial score (nSPS) is 11.4. The number of nitrogens with one attached hydrogen (secondary N) is 2. The molecule has 1 rings (SSSR count). The number of unbranched alkanes of at least 4 members (excludes halogenated alkanes) is 1. The van der Waals surface area contributed by atoms with E-state index in [1.807, 2.05) is 6.92 Å². The van der Waals surface area contributed by atoms with Crippen molar-refractivity contribution < 1.29 is 13.2 Å². The van der Waals surface area contributed by atoms with Gasteiger partial charge in [0.15, 0.2) is 0 Å². The smallest absolute Gasteiger partial charge is 0.369 e. The van der Waals surface area contributed by atoms with Gasteiger partial charge in [-0.05, 0) is 19.3 Å². The second kappa shape index (κ2) is 7.81. The molecular formula is C12H19F3N4. The van der Waals surface area contributed by atoms with Crippen LogP contribution < -0.4 is 10.6 Å². The van der Waals surface area contributed by atoms with Crippen LogP contribution in [-0.2, 0) is 0 Å². The fourth-order valence-corrected chi connectivity index (χ4v) is 1.46. The van der Waals surface area contributed by atoms with E-state index in [9.17, 15) is 13.2 Å². The van der Waals surface area contributed by atoms with E-state index in [-0.39, 0.29) is 6.42 Å². The van der Waals surface area contributed by atoms with Crippen molar-refractivity contribution in [3.8, 4) is 0 Å². The molecule has 0 atom stereocenters. The van der Waals surface area contributed by atoms with Gasteiger partial charge in [0.05, 0.1) is 12.4 Å². The zero-order valence-corrected chi connectivity index (χ0v) is 10.9. The van der Waals surface area contributed by atoms with Gasteiger partial charge in [0.25, 0.3) is 0 Å². The highest BCUT2D eigenvalue weighted by atomic mass is 19.4. The molecule has 0 fully saturated rings. The van der Waals surface area contributed by atoms with Gasteiger partial charge in [0.1, 0.15) is 11.6 Å². The van der Waals surface area contributed by atoms with Gasteiger partial charge in [0.2, 0.25) is 0 Å². The van der Waals surface area contributed by atoms with E-state index in [0.717, 1.165) is 13.0 Å². The zero-order chi connectivity index (χ0) is 14.1. The summed E-state index contributed by atoms with van der Waals surface area (Å²) in [5.41, 5.74) is 0. The number of halogens is 3. The lowest BCUT2D eigenvalue weighted by molar-refractivity contribution is -0.135. The third-order valence-corrected chi connectivity index (χ3v) is 2.38. The highest BCUT2D eigenvalue weighted by molar-refractivity contribution is 5.41. The van der Waals surface area contributed by atoms with Crippen molar-refractivity contribution in [3.05, 3.63) is 12.4 Å². The van der Waals surface area contributed by atoms with E-state index in [1.165, 1.54) is 0 Å². The van der Waals surface area contributed by atoms with Crippen LogP contribution in [0.2, 0.25) is 0 Å². The summed E-state index contributed by atoms with van der Waals surface area (Å²) in [4.78, 5) is 8.26. The van der Waals surface area contributed by atoms with Crippen LogP contribution in [0.3, 0.4) is 0 Å². The average Bonchev–Trinajstić information content (AvgIpc) is 2.35. The van der Waals surface area contributed by atoms with Crippen LogP contribution in [0, 0.1) is 0 Å². The minimum absolute atomic E-state index is 0.123. The van der Waals surface area contributed by atoms with Crippen molar-refractivity contribution >= 4 is 11.6 Å². The first-order chi connectivity index (χ1) is 9.01. The number of anilines is 2. The van der Waals surface area contributed by atoms with E-state index in [0.29, 0.717) is 24.6 Å². The van der Waals surface area contributed by atoms with Gasteiger partial charge in [-0.25, -0.2) is 4.98 Å². The largest absolute Gasteiger partial charge is 0.389 e. The Morgan fingerprint density at radius 2 is 1.68 bits per heavy atom. The van der Waals surface area contributed by atoms with Crippen LogP contribution in [0.4, 0.5) is 24.8 Å². The fraction of sp³-hybridized carbons (Fsp3) is 0.667. The molecule has 0 spiro atoms. The monoisotopic (exact) mass is 276 g/mol. The topological polar surface area (TPSA) is 49.8 Å². The molecule has 1 aromatic heterocycles. The van der Waals surface area contributed by atoms with Gasteiger partial charge in [-0.1, -0.05) is 6.92 Å². The van der Waals surface area contributed by atoms with E-state index >= 15 is 0 Å². The first kappa shape index (κ1) is 15.5. The van der Waals surface area contributed by atoms with Crippen LogP contribution in [0.15, 0.2) is 12.4 Å². The molecule has 19 heavy (non-hydrogen) atoms. The number of nitrogens with zero attached hydrogens (tertiary/aromatic N) is 2. The molecule has 0 aliphatic rings. The molecule has 0 aromatic carbocycles. The van der Waals surface area contributed by atoms with Crippen LogP contribution in [0.5, 0.6) is 0 Å². The first-order valence-electron chi connectivity index (χ1n) is 6.38. The molecule has 0 amide bonds. The maximum absolute atomic E-state index is 11.9. The summed E-state index contributed by atoms with van der Waals surface area (Å²) in [5.74, 6) is 1.25. The predicted octanol–water partition coefficient (Wildman–Crippen LogP) is 3.44. The van der Waals surface area contributed by atoms with Gasteiger partial charge in [0, 0.05) is 19.5 Å². The number of hydrogen-bond acceptors (Lipinski definition) is 4. The summed E-state index contributed by atoms with van der Waals surface area (Å²) < 4.78 is 35.8. The van der Waals surface area contributed by atoms with Gasteiger partial charge < -0.3 is 10.6 Å². The highest BCUT2D eigenvalue weighted by Gasteiger charge is 2.25.